The van der Waals surface area contributed by atoms with Gasteiger partial charge in [-0.2, -0.15) is 0 Å². The molecule has 0 aliphatic carbocycles. The highest BCUT2D eigenvalue weighted by Gasteiger charge is 2.14. The van der Waals surface area contributed by atoms with Gasteiger partial charge in [0.2, 0.25) is 10.0 Å². The minimum Gasteiger partial charge on any atom is -0.362 e. The summed E-state index contributed by atoms with van der Waals surface area (Å²) in [7, 11) is 0.0866. The molecule has 0 fully saturated rings. The summed E-state index contributed by atoms with van der Waals surface area (Å²) in [5.41, 5.74) is 1.16. The fraction of sp³-hybridized carbons (Fsp3) is 0.267. The van der Waals surface area contributed by atoms with Gasteiger partial charge >= 0.3 is 0 Å². The van der Waals surface area contributed by atoms with Crippen LogP contribution in [0.1, 0.15) is 11.1 Å². The first-order chi connectivity index (χ1) is 11.3. The van der Waals surface area contributed by atoms with Crippen LogP contribution in [0.15, 0.2) is 42.6 Å². The van der Waals surface area contributed by atoms with Gasteiger partial charge < -0.3 is 4.90 Å². The molecular weight excluding hydrogens is 332 g/mol. The number of nitro groups is 1. The highest BCUT2D eigenvalue weighted by atomic mass is 32.2. The molecular formula is C15H18N4O4S. The highest BCUT2D eigenvalue weighted by Crippen LogP contribution is 2.16. The third kappa shape index (κ3) is 4.74. The smallest absolute Gasteiger partial charge is 0.269 e. The number of hydrogen-bond donors (Lipinski definition) is 1. The standard InChI is InChI=1S/C15H18N4O4S/c1-18(2)15-13(4-3-9-16-15)10-17-24(22,23)11-12-5-7-14(8-6-12)19(20)21/h3-9,17H,10-11H2,1-2H3. The monoisotopic (exact) mass is 350 g/mol. The summed E-state index contributed by atoms with van der Waals surface area (Å²) in [5, 5.41) is 10.6. The lowest BCUT2D eigenvalue weighted by Gasteiger charge is -2.16. The lowest BCUT2D eigenvalue weighted by Crippen LogP contribution is -2.26. The molecule has 0 aliphatic heterocycles. The van der Waals surface area contributed by atoms with Gasteiger partial charge in [0.15, 0.2) is 0 Å². The zero-order chi connectivity index (χ0) is 17.7. The molecule has 8 nitrogen and oxygen atoms in total. The Bertz CT molecular complexity index is 820. The lowest BCUT2D eigenvalue weighted by atomic mass is 10.2. The first-order valence-corrected chi connectivity index (χ1v) is 8.75. The molecule has 2 aromatic rings. The SMILES string of the molecule is CN(C)c1ncccc1CNS(=O)(=O)Cc1ccc([N+](=O)[O-])cc1. The third-order valence-corrected chi connectivity index (χ3v) is 4.58. The molecule has 1 N–H and O–H groups in total. The number of nitrogens with zero attached hydrogens (tertiary/aromatic N) is 3. The van der Waals surface area contributed by atoms with Crippen molar-refractivity contribution in [2.24, 2.45) is 0 Å². The summed E-state index contributed by atoms with van der Waals surface area (Å²) in [6.45, 7) is 0.122. The molecule has 0 saturated carbocycles. The average Bonchev–Trinajstić information content (AvgIpc) is 2.53. The Morgan fingerprint density at radius 2 is 1.88 bits per heavy atom. The van der Waals surface area contributed by atoms with Gasteiger partial charge in [0, 0.05) is 44.5 Å². The largest absolute Gasteiger partial charge is 0.362 e. The fourth-order valence-corrected chi connectivity index (χ4v) is 3.25. The van der Waals surface area contributed by atoms with E-state index in [2.05, 4.69) is 9.71 Å². The van der Waals surface area contributed by atoms with Crippen molar-refractivity contribution in [1.82, 2.24) is 9.71 Å². The maximum absolute atomic E-state index is 12.2. The van der Waals surface area contributed by atoms with Crippen LogP contribution in [-0.4, -0.2) is 32.4 Å². The molecule has 1 heterocycles. The van der Waals surface area contributed by atoms with Gasteiger partial charge in [0.25, 0.3) is 5.69 Å². The Morgan fingerprint density at radius 3 is 2.46 bits per heavy atom. The van der Waals surface area contributed by atoms with Gasteiger partial charge in [0.1, 0.15) is 5.82 Å². The van der Waals surface area contributed by atoms with Crippen LogP contribution in [0.4, 0.5) is 11.5 Å². The predicted octanol–water partition coefficient (Wildman–Crippen LogP) is 1.68. The number of nitrogens with one attached hydrogen (secondary N) is 1. The molecule has 9 heteroatoms. The number of benzene rings is 1. The van der Waals surface area contributed by atoms with Crippen LogP contribution in [0.25, 0.3) is 0 Å². The van der Waals surface area contributed by atoms with Crippen molar-refractivity contribution in [1.29, 1.82) is 0 Å². The molecule has 1 aromatic heterocycles. The van der Waals surface area contributed by atoms with E-state index in [1.807, 2.05) is 14.1 Å². The van der Waals surface area contributed by atoms with Crippen LogP contribution >= 0.6 is 0 Å². The lowest BCUT2D eigenvalue weighted by molar-refractivity contribution is -0.384. The number of aromatic nitrogens is 1. The van der Waals surface area contributed by atoms with E-state index >= 15 is 0 Å². The second-order valence-corrected chi connectivity index (χ2v) is 7.19. The van der Waals surface area contributed by atoms with Gasteiger partial charge in [-0.05, 0) is 11.6 Å². The van der Waals surface area contributed by atoms with Crippen molar-refractivity contribution < 1.29 is 13.3 Å². The van der Waals surface area contributed by atoms with Crippen LogP contribution in [-0.2, 0) is 22.3 Å². The Morgan fingerprint density at radius 1 is 1.21 bits per heavy atom. The third-order valence-electron chi connectivity index (χ3n) is 3.28. The molecule has 0 aliphatic rings. The molecule has 0 radical (unpaired) electrons. The number of sulfonamides is 1. The molecule has 0 amide bonds. The highest BCUT2D eigenvalue weighted by molar-refractivity contribution is 7.88. The summed E-state index contributed by atoms with van der Waals surface area (Å²) in [4.78, 5) is 16.1. The second-order valence-electron chi connectivity index (χ2n) is 5.38. The topological polar surface area (TPSA) is 105 Å². The number of rotatable bonds is 7. The number of nitro benzene ring substituents is 1. The number of non-ortho nitro benzene ring substituents is 1. The van der Waals surface area contributed by atoms with E-state index in [1.165, 1.54) is 24.3 Å². The van der Waals surface area contributed by atoms with Crippen molar-refractivity contribution in [2.45, 2.75) is 12.3 Å². The van der Waals surface area contributed by atoms with E-state index < -0.39 is 14.9 Å². The molecule has 1 aromatic carbocycles. The van der Waals surface area contributed by atoms with Gasteiger partial charge in [-0.15, -0.1) is 0 Å². The number of pyridine rings is 1. The molecule has 2 rings (SSSR count). The van der Waals surface area contributed by atoms with E-state index in [9.17, 15) is 18.5 Å². The first-order valence-electron chi connectivity index (χ1n) is 7.10. The average molecular weight is 350 g/mol. The molecule has 0 spiro atoms. The van der Waals surface area contributed by atoms with E-state index in [1.54, 1.807) is 23.2 Å². The molecule has 0 saturated heterocycles. The summed E-state index contributed by atoms with van der Waals surface area (Å²) in [6.07, 6.45) is 1.64. The van der Waals surface area contributed by atoms with Gasteiger partial charge in [-0.3, -0.25) is 10.1 Å². The van der Waals surface area contributed by atoms with E-state index in [4.69, 9.17) is 0 Å². The van der Waals surface area contributed by atoms with Crippen LogP contribution in [0, 0.1) is 10.1 Å². The van der Waals surface area contributed by atoms with Crippen LogP contribution in [0.3, 0.4) is 0 Å². The minimum absolute atomic E-state index is 0.0740. The first kappa shape index (κ1) is 17.8. The van der Waals surface area contributed by atoms with Crippen LogP contribution < -0.4 is 9.62 Å². The Hall–Kier alpha value is -2.52. The second kappa shape index (κ2) is 7.37. The molecule has 0 atom stereocenters. The fourth-order valence-electron chi connectivity index (χ4n) is 2.14. The maximum Gasteiger partial charge on any atom is 0.269 e. The van der Waals surface area contributed by atoms with Crippen molar-refractivity contribution in [3.8, 4) is 0 Å². The number of anilines is 1. The van der Waals surface area contributed by atoms with Gasteiger partial charge in [0.05, 0.1) is 10.7 Å². The van der Waals surface area contributed by atoms with Crippen molar-refractivity contribution >= 4 is 21.5 Å². The zero-order valence-corrected chi connectivity index (χ0v) is 14.2. The van der Waals surface area contributed by atoms with Crippen LogP contribution in [0.2, 0.25) is 0 Å². The van der Waals surface area contributed by atoms with E-state index in [-0.39, 0.29) is 18.0 Å². The summed E-state index contributed by atoms with van der Waals surface area (Å²) in [5.74, 6) is 0.443. The Kier molecular flexibility index (Phi) is 5.47. The normalized spacial score (nSPS) is 11.2. The van der Waals surface area contributed by atoms with Crippen molar-refractivity contribution in [3.05, 3.63) is 63.8 Å². The summed E-state index contributed by atoms with van der Waals surface area (Å²) >= 11 is 0. The molecule has 0 bridgehead atoms. The number of hydrogen-bond acceptors (Lipinski definition) is 6. The van der Waals surface area contributed by atoms with Gasteiger partial charge in [-0.25, -0.2) is 18.1 Å². The summed E-state index contributed by atoms with van der Waals surface area (Å²) in [6, 6.07) is 9.00. The van der Waals surface area contributed by atoms with Gasteiger partial charge in [-0.1, -0.05) is 18.2 Å². The maximum atomic E-state index is 12.2. The van der Waals surface area contributed by atoms with Crippen molar-refractivity contribution in [3.63, 3.8) is 0 Å². The predicted molar refractivity (Wildman–Crippen MR) is 91.1 cm³/mol. The van der Waals surface area contributed by atoms with Crippen LogP contribution in [0.5, 0.6) is 0 Å². The molecule has 0 unspecified atom stereocenters. The van der Waals surface area contributed by atoms with E-state index in [0.29, 0.717) is 11.4 Å². The summed E-state index contributed by atoms with van der Waals surface area (Å²) < 4.78 is 26.9. The minimum atomic E-state index is -3.57. The van der Waals surface area contributed by atoms with E-state index in [0.717, 1.165) is 5.56 Å². The zero-order valence-electron chi connectivity index (χ0n) is 13.3. The molecule has 128 valence electrons. The van der Waals surface area contributed by atoms with Crippen molar-refractivity contribution in [2.75, 3.05) is 19.0 Å². The quantitative estimate of drug-likeness (QED) is 0.601. The Balaban J connectivity index is 2.05. The Labute approximate surface area is 140 Å². The molecule has 24 heavy (non-hydrogen) atoms.